The molecule has 1 heterocycles. The van der Waals surface area contributed by atoms with Crippen molar-refractivity contribution in [1.29, 1.82) is 5.26 Å². The fourth-order valence-electron chi connectivity index (χ4n) is 3.40. The summed E-state index contributed by atoms with van der Waals surface area (Å²) in [5, 5.41) is 12.7. The van der Waals surface area contributed by atoms with Crippen molar-refractivity contribution in [2.24, 2.45) is 0 Å². The van der Waals surface area contributed by atoms with Gasteiger partial charge in [-0.3, -0.25) is 14.5 Å². The van der Waals surface area contributed by atoms with Gasteiger partial charge in [0.2, 0.25) is 5.91 Å². The Morgan fingerprint density at radius 2 is 1.79 bits per heavy atom. The van der Waals surface area contributed by atoms with Crippen LogP contribution in [0.4, 0.5) is 15.8 Å². The van der Waals surface area contributed by atoms with E-state index >= 15 is 0 Å². The van der Waals surface area contributed by atoms with Gasteiger partial charge in [-0.2, -0.15) is 5.26 Å². The van der Waals surface area contributed by atoms with Crippen LogP contribution in [-0.2, 0) is 16.0 Å². The summed E-state index contributed by atoms with van der Waals surface area (Å²) in [4.78, 5) is 27.8. The van der Waals surface area contributed by atoms with Crippen LogP contribution in [0.3, 0.4) is 0 Å². The smallest absolute Gasteiger partial charge is 0.269 e. The number of nitrogens with one attached hydrogen (secondary N) is 1. The minimum atomic E-state index is -0.648. The summed E-state index contributed by atoms with van der Waals surface area (Å²) in [6, 6.07) is 21.3. The lowest BCUT2D eigenvalue weighted by Crippen LogP contribution is -2.31. The fourth-order valence-corrected chi connectivity index (χ4v) is 5.18. The number of benzene rings is 3. The molecule has 1 aliphatic rings. The molecule has 0 saturated carbocycles. The molecule has 170 valence electrons. The molecule has 34 heavy (non-hydrogen) atoms. The first-order valence-corrected chi connectivity index (χ1v) is 12.1. The molecule has 0 aliphatic carbocycles. The maximum atomic E-state index is 13.5. The highest BCUT2D eigenvalue weighted by molar-refractivity contribution is 9.10. The van der Waals surface area contributed by atoms with Crippen molar-refractivity contribution in [2.45, 2.75) is 11.7 Å². The monoisotopic (exact) mass is 555 g/mol. The molecule has 1 saturated heterocycles. The zero-order valence-corrected chi connectivity index (χ0v) is 20.6. The summed E-state index contributed by atoms with van der Waals surface area (Å²) in [5.41, 5.74) is 1.41. The van der Waals surface area contributed by atoms with Crippen molar-refractivity contribution >= 4 is 62.5 Å². The van der Waals surface area contributed by atoms with Gasteiger partial charge in [0.1, 0.15) is 22.5 Å². The number of rotatable bonds is 5. The van der Waals surface area contributed by atoms with Gasteiger partial charge in [0.15, 0.2) is 0 Å². The summed E-state index contributed by atoms with van der Waals surface area (Å²) in [6.07, 6.45) is 0.303. The fraction of sp³-hybridized carbons (Fsp3) is 0.0800. The molecule has 5 nitrogen and oxygen atoms in total. The number of thioether (sulfide) groups is 1. The number of halogens is 3. The van der Waals surface area contributed by atoms with Gasteiger partial charge in [0.05, 0.1) is 5.25 Å². The Hall–Kier alpha value is -3.12. The van der Waals surface area contributed by atoms with E-state index in [-0.39, 0.29) is 16.5 Å². The number of amides is 2. The normalized spacial score (nSPS) is 16.8. The number of anilines is 2. The summed E-state index contributed by atoms with van der Waals surface area (Å²) in [6.45, 7) is 0. The quantitative estimate of drug-likeness (QED) is 0.295. The van der Waals surface area contributed by atoms with Crippen LogP contribution < -0.4 is 10.2 Å². The molecular weight excluding hydrogens is 541 g/mol. The number of hydrogen-bond donors (Lipinski definition) is 1. The average molecular weight is 557 g/mol. The predicted molar refractivity (Wildman–Crippen MR) is 136 cm³/mol. The molecule has 1 atom stereocenters. The molecule has 0 unspecified atom stereocenters. The molecule has 0 spiro atoms. The lowest BCUT2D eigenvalue weighted by molar-refractivity contribution is -0.117. The summed E-state index contributed by atoms with van der Waals surface area (Å²) in [5.74, 6) is -1.43. The van der Waals surface area contributed by atoms with E-state index in [0.717, 1.165) is 21.8 Å². The van der Waals surface area contributed by atoms with Crippen LogP contribution in [0.2, 0.25) is 5.02 Å². The minimum absolute atomic E-state index is 0.186. The minimum Gasteiger partial charge on any atom is -0.321 e. The Bertz CT molecular complexity index is 1320. The molecule has 3 aromatic rings. The van der Waals surface area contributed by atoms with Crippen LogP contribution in [0.15, 0.2) is 87.9 Å². The van der Waals surface area contributed by atoms with Crippen LogP contribution in [0.25, 0.3) is 0 Å². The SMILES string of the molecule is N#C/C(C(=O)Nc1ccc(Br)cc1)=C1\S[C@@H](Cc2ccccc2Cl)C(=O)N1c1ccc(F)cc1. The topological polar surface area (TPSA) is 73.2 Å². The van der Waals surface area contributed by atoms with Gasteiger partial charge in [-0.25, -0.2) is 4.39 Å². The second kappa shape index (κ2) is 10.4. The van der Waals surface area contributed by atoms with Gasteiger partial charge >= 0.3 is 0 Å². The van der Waals surface area contributed by atoms with E-state index in [1.54, 1.807) is 36.4 Å². The summed E-state index contributed by atoms with van der Waals surface area (Å²) >= 11 is 10.7. The molecular formula is C25H16BrClFN3O2S. The van der Waals surface area contributed by atoms with Crippen LogP contribution in [-0.4, -0.2) is 17.1 Å². The highest BCUT2D eigenvalue weighted by Crippen LogP contribution is 2.42. The van der Waals surface area contributed by atoms with E-state index in [9.17, 15) is 19.2 Å². The average Bonchev–Trinajstić information content (AvgIpc) is 3.13. The van der Waals surface area contributed by atoms with Crippen molar-refractivity contribution in [3.63, 3.8) is 0 Å². The predicted octanol–water partition coefficient (Wildman–Crippen LogP) is 6.31. The van der Waals surface area contributed by atoms with Crippen molar-refractivity contribution in [1.82, 2.24) is 0 Å². The highest BCUT2D eigenvalue weighted by atomic mass is 79.9. The molecule has 1 N–H and O–H groups in total. The van der Waals surface area contributed by atoms with E-state index in [4.69, 9.17) is 11.6 Å². The zero-order chi connectivity index (χ0) is 24.2. The lowest BCUT2D eigenvalue weighted by Gasteiger charge is -2.18. The maximum absolute atomic E-state index is 13.5. The van der Waals surface area contributed by atoms with Gasteiger partial charge in [-0.1, -0.05) is 57.5 Å². The Kier molecular flexibility index (Phi) is 7.37. The number of carbonyl (C=O) groups excluding carboxylic acids is 2. The van der Waals surface area contributed by atoms with E-state index in [0.29, 0.717) is 22.8 Å². The van der Waals surface area contributed by atoms with Gasteiger partial charge in [0, 0.05) is 20.9 Å². The molecule has 2 amide bonds. The number of hydrogen-bond acceptors (Lipinski definition) is 4. The van der Waals surface area contributed by atoms with E-state index < -0.39 is 17.0 Å². The van der Waals surface area contributed by atoms with E-state index in [1.165, 1.54) is 29.2 Å². The molecule has 4 rings (SSSR count). The Labute approximate surface area is 213 Å². The second-order valence-corrected chi connectivity index (χ2v) is 9.82. The van der Waals surface area contributed by atoms with Crippen LogP contribution in [0.1, 0.15) is 5.56 Å². The van der Waals surface area contributed by atoms with Crippen molar-refractivity contribution in [3.05, 3.63) is 104 Å². The Morgan fingerprint density at radius 3 is 2.44 bits per heavy atom. The number of carbonyl (C=O) groups is 2. The van der Waals surface area contributed by atoms with Gasteiger partial charge in [0.25, 0.3) is 5.91 Å². The molecule has 3 aromatic carbocycles. The molecule has 0 radical (unpaired) electrons. The second-order valence-electron chi connectivity index (χ2n) is 7.31. The standard InChI is InChI=1S/C25H16BrClFN3O2S/c26-16-5-9-18(10-6-16)30-23(32)20(14-29)25-31(19-11-7-17(28)8-12-19)24(33)22(34-25)13-15-3-1-2-4-21(15)27/h1-12,22H,13H2,(H,30,32)/b25-20+/t22-/m0/s1. The van der Waals surface area contributed by atoms with Crippen molar-refractivity contribution < 1.29 is 14.0 Å². The molecule has 1 fully saturated rings. The molecule has 0 aromatic heterocycles. The van der Waals surface area contributed by atoms with E-state index in [1.807, 2.05) is 18.2 Å². The van der Waals surface area contributed by atoms with Crippen molar-refractivity contribution in [3.8, 4) is 6.07 Å². The van der Waals surface area contributed by atoms with Crippen LogP contribution in [0, 0.1) is 17.1 Å². The highest BCUT2D eigenvalue weighted by Gasteiger charge is 2.41. The van der Waals surface area contributed by atoms with Crippen LogP contribution in [0.5, 0.6) is 0 Å². The third kappa shape index (κ3) is 5.17. The van der Waals surface area contributed by atoms with Crippen LogP contribution >= 0.6 is 39.3 Å². The summed E-state index contributed by atoms with van der Waals surface area (Å²) < 4.78 is 14.4. The van der Waals surface area contributed by atoms with Gasteiger partial charge in [-0.05, 0) is 66.6 Å². The lowest BCUT2D eigenvalue weighted by atomic mass is 10.1. The zero-order valence-electron chi connectivity index (χ0n) is 17.5. The van der Waals surface area contributed by atoms with E-state index in [2.05, 4.69) is 21.2 Å². The first kappa shape index (κ1) is 24.0. The van der Waals surface area contributed by atoms with Gasteiger partial charge < -0.3 is 5.32 Å². The van der Waals surface area contributed by atoms with Gasteiger partial charge in [-0.15, -0.1) is 0 Å². The third-order valence-electron chi connectivity index (χ3n) is 5.06. The molecule has 1 aliphatic heterocycles. The van der Waals surface area contributed by atoms with Crippen molar-refractivity contribution in [2.75, 3.05) is 10.2 Å². The Balaban J connectivity index is 1.73. The molecule has 0 bridgehead atoms. The molecule has 9 heteroatoms. The maximum Gasteiger partial charge on any atom is 0.269 e. The largest absolute Gasteiger partial charge is 0.321 e. The first-order chi connectivity index (χ1) is 16.4. The number of nitriles is 1. The summed E-state index contributed by atoms with van der Waals surface area (Å²) in [7, 11) is 0. The first-order valence-electron chi connectivity index (χ1n) is 10.1. The Morgan fingerprint density at radius 1 is 1.12 bits per heavy atom. The third-order valence-corrected chi connectivity index (χ3v) is 7.22. The number of nitrogens with zero attached hydrogens (tertiary/aromatic N) is 2.